The van der Waals surface area contributed by atoms with Crippen LogP contribution in [-0.2, 0) is 10.8 Å². The van der Waals surface area contributed by atoms with Gasteiger partial charge in [-0.25, -0.2) is 0 Å². The molecule has 2 aromatic rings. The van der Waals surface area contributed by atoms with E-state index in [0.29, 0.717) is 5.75 Å². The van der Waals surface area contributed by atoms with Gasteiger partial charge in [-0.1, -0.05) is 47.6 Å². The highest BCUT2D eigenvalue weighted by atomic mass is 32.1. The lowest BCUT2D eigenvalue weighted by Crippen LogP contribution is -2.46. The van der Waals surface area contributed by atoms with Crippen molar-refractivity contribution in [2.75, 3.05) is 33.2 Å². The van der Waals surface area contributed by atoms with Crippen LogP contribution < -0.4 is 0 Å². The molecule has 3 rings (SSSR count). The van der Waals surface area contributed by atoms with Crippen LogP contribution in [0.25, 0.3) is 0 Å². The van der Waals surface area contributed by atoms with Crippen molar-refractivity contribution in [2.24, 2.45) is 0 Å². The summed E-state index contributed by atoms with van der Waals surface area (Å²) in [7, 11) is 2.20. The van der Waals surface area contributed by atoms with Gasteiger partial charge >= 0.3 is 0 Å². The molecule has 1 fully saturated rings. The fourth-order valence-corrected chi connectivity index (χ4v) is 4.93. The highest BCUT2D eigenvalue weighted by Gasteiger charge is 2.31. The highest BCUT2D eigenvalue weighted by Crippen LogP contribution is 2.43. The Morgan fingerprint density at radius 3 is 1.89 bits per heavy atom. The molecular weight excluding hydrogens is 364 g/mol. The number of phenolic OH excluding ortho intramolecular Hbond substituents is 1. The van der Waals surface area contributed by atoms with Crippen molar-refractivity contribution in [2.45, 2.75) is 58.4 Å². The summed E-state index contributed by atoms with van der Waals surface area (Å²) < 4.78 is 0. The van der Waals surface area contributed by atoms with E-state index in [4.69, 9.17) is 0 Å². The molecule has 3 nitrogen and oxygen atoms in total. The van der Waals surface area contributed by atoms with Gasteiger partial charge in [0.2, 0.25) is 0 Å². The van der Waals surface area contributed by atoms with Crippen LogP contribution in [0.3, 0.4) is 0 Å². The molecule has 4 heteroatoms. The van der Waals surface area contributed by atoms with Gasteiger partial charge in [0.1, 0.15) is 5.75 Å². The standard InChI is InChI=1S/C24H36N2OS/c1-23(2,3)18-15-17(16-19(22(18)27)24(4,5)6)21(20-9-8-14-28-20)26-12-10-25(7)11-13-26/h8-9,14-16,21,27H,10-13H2,1-7H3/t21-/m0/s1. The van der Waals surface area contributed by atoms with Crippen molar-refractivity contribution in [3.63, 3.8) is 0 Å². The molecule has 154 valence electrons. The van der Waals surface area contributed by atoms with Crippen molar-refractivity contribution in [3.8, 4) is 5.75 Å². The largest absolute Gasteiger partial charge is 0.507 e. The second-order valence-corrected chi connectivity index (χ2v) is 11.2. The maximum Gasteiger partial charge on any atom is 0.123 e. The molecule has 28 heavy (non-hydrogen) atoms. The summed E-state index contributed by atoms with van der Waals surface area (Å²) in [5.74, 6) is 0.465. The monoisotopic (exact) mass is 400 g/mol. The molecule has 0 bridgehead atoms. The Hall–Kier alpha value is -1.36. The molecule has 1 aromatic carbocycles. The molecule has 1 saturated heterocycles. The Labute approximate surface area is 175 Å². The molecule has 1 aliphatic rings. The summed E-state index contributed by atoms with van der Waals surface area (Å²) in [6.45, 7) is 17.5. The fraction of sp³-hybridized carbons (Fsp3) is 0.583. The van der Waals surface area contributed by atoms with Gasteiger partial charge in [-0.2, -0.15) is 0 Å². The van der Waals surface area contributed by atoms with E-state index < -0.39 is 0 Å². The Balaban J connectivity index is 2.17. The minimum absolute atomic E-state index is 0.109. The first kappa shape index (κ1) is 21.4. The third kappa shape index (κ3) is 4.45. The van der Waals surface area contributed by atoms with Crippen LogP contribution >= 0.6 is 11.3 Å². The Kier molecular flexibility index (Phi) is 5.96. The molecule has 0 amide bonds. The zero-order chi connectivity index (χ0) is 20.7. The first-order chi connectivity index (χ1) is 13.0. The number of hydrogen-bond donors (Lipinski definition) is 1. The Morgan fingerprint density at radius 2 is 1.46 bits per heavy atom. The number of piperazine rings is 1. The summed E-state index contributed by atoms with van der Waals surface area (Å²) >= 11 is 1.83. The maximum atomic E-state index is 11.1. The van der Waals surface area contributed by atoms with Crippen molar-refractivity contribution >= 4 is 11.3 Å². The quantitative estimate of drug-likeness (QED) is 0.749. The smallest absolute Gasteiger partial charge is 0.123 e. The van der Waals surface area contributed by atoms with Crippen LogP contribution in [0.5, 0.6) is 5.75 Å². The number of likely N-dealkylation sites (N-methyl/N-ethyl adjacent to an activating group) is 1. The minimum Gasteiger partial charge on any atom is -0.507 e. The Morgan fingerprint density at radius 1 is 0.929 bits per heavy atom. The summed E-state index contributed by atoms with van der Waals surface area (Å²) in [5.41, 5.74) is 3.18. The summed E-state index contributed by atoms with van der Waals surface area (Å²) in [5, 5.41) is 13.3. The molecule has 0 saturated carbocycles. The highest BCUT2D eigenvalue weighted by molar-refractivity contribution is 7.10. The SMILES string of the molecule is CN1CCN([C@@H](c2cc(C(C)(C)C)c(O)c(C(C)(C)C)c2)c2cccs2)CC1. The van der Waals surface area contributed by atoms with E-state index in [1.165, 1.54) is 10.4 Å². The summed E-state index contributed by atoms with van der Waals surface area (Å²) in [6.07, 6.45) is 0. The van der Waals surface area contributed by atoms with Gasteiger partial charge in [0, 0.05) is 31.1 Å². The zero-order valence-electron chi connectivity index (χ0n) is 18.5. The number of hydrogen-bond acceptors (Lipinski definition) is 4. The molecule has 1 aliphatic heterocycles. The second-order valence-electron chi connectivity index (χ2n) is 10.2. The van der Waals surface area contributed by atoms with Gasteiger partial charge in [-0.05, 0) is 58.1 Å². The van der Waals surface area contributed by atoms with Gasteiger partial charge in [0.05, 0.1) is 6.04 Å². The van der Waals surface area contributed by atoms with Gasteiger partial charge < -0.3 is 10.0 Å². The molecule has 0 radical (unpaired) electrons. The molecular formula is C24H36N2OS. The topological polar surface area (TPSA) is 26.7 Å². The maximum absolute atomic E-state index is 11.1. The van der Waals surface area contributed by atoms with Crippen LogP contribution in [0, 0.1) is 0 Å². The molecule has 0 spiro atoms. The third-order valence-corrected chi connectivity index (χ3v) is 6.70. The number of benzene rings is 1. The number of thiophene rings is 1. The first-order valence-corrected chi connectivity index (χ1v) is 11.2. The van der Waals surface area contributed by atoms with E-state index in [2.05, 4.69) is 88.0 Å². The third-order valence-electron chi connectivity index (χ3n) is 5.78. The van der Waals surface area contributed by atoms with Gasteiger partial charge in [-0.15, -0.1) is 11.3 Å². The molecule has 2 heterocycles. The fourth-order valence-electron chi connectivity index (χ4n) is 4.04. The van der Waals surface area contributed by atoms with E-state index >= 15 is 0 Å². The molecule has 0 aliphatic carbocycles. The number of phenols is 1. The second kappa shape index (κ2) is 7.81. The van der Waals surface area contributed by atoms with Crippen LogP contribution in [-0.4, -0.2) is 48.1 Å². The lowest BCUT2D eigenvalue weighted by Gasteiger charge is -2.39. The van der Waals surface area contributed by atoms with Gasteiger partial charge in [0.15, 0.2) is 0 Å². The lowest BCUT2D eigenvalue weighted by molar-refractivity contribution is 0.128. The van der Waals surface area contributed by atoms with E-state index in [1.807, 2.05) is 11.3 Å². The van der Waals surface area contributed by atoms with Crippen LogP contribution in [0.1, 0.15) is 69.2 Å². The normalized spacial score (nSPS) is 18.4. The number of aromatic hydroxyl groups is 1. The van der Waals surface area contributed by atoms with E-state index in [0.717, 1.165) is 37.3 Å². The molecule has 1 N–H and O–H groups in total. The Bertz CT molecular complexity index is 756. The number of rotatable bonds is 3. The van der Waals surface area contributed by atoms with Gasteiger partial charge in [0.25, 0.3) is 0 Å². The summed E-state index contributed by atoms with van der Waals surface area (Å²) in [6, 6.07) is 9.17. The predicted molar refractivity (Wildman–Crippen MR) is 121 cm³/mol. The molecule has 1 atom stereocenters. The van der Waals surface area contributed by atoms with Crippen LogP contribution in [0.4, 0.5) is 0 Å². The van der Waals surface area contributed by atoms with E-state index in [9.17, 15) is 5.11 Å². The molecule has 1 aromatic heterocycles. The van der Waals surface area contributed by atoms with Crippen molar-refractivity contribution < 1.29 is 5.11 Å². The van der Waals surface area contributed by atoms with Crippen molar-refractivity contribution in [1.29, 1.82) is 0 Å². The predicted octanol–water partition coefficient (Wildman–Crippen LogP) is 5.39. The number of nitrogens with zero attached hydrogens (tertiary/aromatic N) is 2. The zero-order valence-corrected chi connectivity index (χ0v) is 19.4. The van der Waals surface area contributed by atoms with Crippen molar-refractivity contribution in [3.05, 3.63) is 51.2 Å². The first-order valence-electron chi connectivity index (χ1n) is 10.3. The summed E-state index contributed by atoms with van der Waals surface area (Å²) in [4.78, 5) is 6.40. The lowest BCUT2D eigenvalue weighted by atomic mass is 9.77. The average Bonchev–Trinajstić information content (AvgIpc) is 3.10. The van der Waals surface area contributed by atoms with Crippen LogP contribution in [0.15, 0.2) is 29.6 Å². The van der Waals surface area contributed by atoms with Crippen LogP contribution in [0.2, 0.25) is 0 Å². The minimum atomic E-state index is -0.109. The van der Waals surface area contributed by atoms with Crippen molar-refractivity contribution in [1.82, 2.24) is 9.80 Å². The molecule has 0 unspecified atom stereocenters. The average molecular weight is 401 g/mol. The van der Waals surface area contributed by atoms with Gasteiger partial charge in [-0.3, -0.25) is 4.90 Å². The van der Waals surface area contributed by atoms with E-state index in [-0.39, 0.29) is 16.9 Å². The van der Waals surface area contributed by atoms with E-state index in [1.54, 1.807) is 0 Å².